The zero-order chi connectivity index (χ0) is 22.0. The van der Waals surface area contributed by atoms with E-state index in [1.165, 1.54) is 12.7 Å². The van der Waals surface area contributed by atoms with Crippen LogP contribution in [0, 0.1) is 11.8 Å². The molecule has 182 valence electrons. The second-order valence-corrected chi connectivity index (χ2v) is 9.05. The van der Waals surface area contributed by atoms with Crippen molar-refractivity contribution in [3.8, 4) is 0 Å². The lowest BCUT2D eigenvalue weighted by Crippen LogP contribution is -2.49. The maximum absolute atomic E-state index is 13.3. The second-order valence-electron chi connectivity index (χ2n) is 9.05. The smallest absolute Gasteiger partial charge is 0.335 e. The molecule has 2 atom stereocenters. The zero-order valence-corrected chi connectivity index (χ0v) is 21.2. The van der Waals surface area contributed by atoms with Crippen LogP contribution in [0.1, 0.15) is 25.8 Å². The van der Waals surface area contributed by atoms with Gasteiger partial charge in [-0.2, -0.15) is 0 Å². The van der Waals surface area contributed by atoms with Crippen molar-refractivity contribution in [1.82, 2.24) is 14.7 Å². The first kappa shape index (κ1) is 27.4. The number of fused-ring (bicyclic) bond motifs is 1. The Morgan fingerprint density at radius 1 is 1.03 bits per heavy atom. The Bertz CT molecular complexity index is 880. The number of hydrogen-bond acceptors (Lipinski definition) is 5. The highest BCUT2D eigenvalue weighted by atomic mass is 35.5. The molecule has 0 radical (unpaired) electrons. The molecule has 0 saturated carbocycles. The number of allylic oxidation sites excluding steroid dienone is 1. The average Bonchev–Trinajstić information content (AvgIpc) is 3.19. The molecule has 4 rings (SSSR count). The predicted octanol–water partition coefficient (Wildman–Crippen LogP) is 3.52. The molecule has 8 heteroatoms. The molecule has 1 amide bonds. The highest BCUT2D eigenvalue weighted by molar-refractivity contribution is 5.95. The lowest BCUT2D eigenvalue weighted by Gasteiger charge is -2.38. The van der Waals surface area contributed by atoms with E-state index in [0.717, 1.165) is 51.3 Å². The summed E-state index contributed by atoms with van der Waals surface area (Å²) in [5.74, 6) is -0.551. The molecular formula is C25H35Cl2N3O3. The molecule has 2 aliphatic heterocycles. The number of carbonyl (C=O) groups is 2. The van der Waals surface area contributed by atoms with Crippen molar-refractivity contribution in [2.45, 2.75) is 32.9 Å². The zero-order valence-electron chi connectivity index (χ0n) is 19.6. The summed E-state index contributed by atoms with van der Waals surface area (Å²) < 4.78 is 5.02. The minimum atomic E-state index is -0.322. The molecule has 6 nitrogen and oxygen atoms in total. The summed E-state index contributed by atoms with van der Waals surface area (Å²) in [5, 5.41) is 0. The Balaban J connectivity index is 0.00000193. The second kappa shape index (κ2) is 12.0. The first-order valence-electron chi connectivity index (χ1n) is 11.3. The van der Waals surface area contributed by atoms with Gasteiger partial charge in [0, 0.05) is 57.4 Å². The number of hydrogen-bond donors (Lipinski definition) is 0. The highest BCUT2D eigenvalue weighted by Gasteiger charge is 2.45. The average molecular weight is 496 g/mol. The Kier molecular flexibility index (Phi) is 9.98. The molecule has 0 aromatic heterocycles. The van der Waals surface area contributed by atoms with Gasteiger partial charge in [0.15, 0.2) is 0 Å². The van der Waals surface area contributed by atoms with Gasteiger partial charge < -0.3 is 9.64 Å². The van der Waals surface area contributed by atoms with Crippen LogP contribution in [-0.4, -0.2) is 72.5 Å². The van der Waals surface area contributed by atoms with E-state index in [9.17, 15) is 9.59 Å². The fourth-order valence-electron chi connectivity index (χ4n) is 5.00. The third kappa shape index (κ3) is 5.99. The number of benzene rings is 1. The lowest BCUT2D eigenvalue weighted by atomic mass is 9.81. The standard InChI is InChI=1S/C25H33N3O3.2ClH/c1-18(2)28-17-22(25(30)31-3)21-10-9-20(23(21)24(28)29)16-27-13-11-26(12-14-27)15-19-7-5-4-6-8-19;;/h4-9,17-18,21,23H,10-16H2,1-3H3;2*1H/t21-,23-;;/m1../s1. The molecule has 0 spiro atoms. The summed E-state index contributed by atoms with van der Waals surface area (Å²) in [5.41, 5.74) is 3.13. The van der Waals surface area contributed by atoms with Crippen LogP contribution in [0.3, 0.4) is 0 Å². The summed E-state index contributed by atoms with van der Waals surface area (Å²) in [4.78, 5) is 32.3. The van der Waals surface area contributed by atoms with Gasteiger partial charge in [-0.25, -0.2) is 4.79 Å². The molecule has 1 saturated heterocycles. The number of esters is 1. The van der Waals surface area contributed by atoms with E-state index in [-0.39, 0.29) is 54.6 Å². The number of rotatable bonds is 6. The SMILES string of the molecule is COC(=O)C1=CN(C(C)C)C(=O)[C@@H]2C(CN3CCN(Cc4ccccc4)CC3)=CC[C@H]12.Cl.Cl. The van der Waals surface area contributed by atoms with Gasteiger partial charge in [0.2, 0.25) is 5.91 Å². The summed E-state index contributed by atoms with van der Waals surface area (Å²) in [6, 6.07) is 10.6. The van der Waals surface area contributed by atoms with E-state index in [2.05, 4.69) is 46.2 Å². The molecular weight excluding hydrogens is 461 g/mol. The number of ether oxygens (including phenoxy) is 1. The van der Waals surface area contributed by atoms with Crippen molar-refractivity contribution in [3.05, 3.63) is 59.3 Å². The van der Waals surface area contributed by atoms with E-state index in [1.807, 2.05) is 13.8 Å². The summed E-state index contributed by atoms with van der Waals surface area (Å²) in [6.45, 7) is 9.77. The van der Waals surface area contributed by atoms with Crippen LogP contribution in [0.25, 0.3) is 0 Å². The Hall–Kier alpha value is -1.86. The Morgan fingerprint density at radius 3 is 2.21 bits per heavy atom. The van der Waals surface area contributed by atoms with Crippen LogP contribution in [0.15, 0.2) is 53.8 Å². The van der Waals surface area contributed by atoms with E-state index < -0.39 is 0 Å². The van der Waals surface area contributed by atoms with Crippen molar-refractivity contribution < 1.29 is 14.3 Å². The van der Waals surface area contributed by atoms with Crippen LogP contribution >= 0.6 is 24.8 Å². The summed E-state index contributed by atoms with van der Waals surface area (Å²) >= 11 is 0. The number of carbonyl (C=O) groups excluding carboxylic acids is 2. The highest BCUT2D eigenvalue weighted by Crippen LogP contribution is 2.42. The first-order chi connectivity index (χ1) is 15.0. The van der Waals surface area contributed by atoms with Gasteiger partial charge in [0.05, 0.1) is 18.6 Å². The Labute approximate surface area is 209 Å². The van der Waals surface area contributed by atoms with Crippen molar-refractivity contribution in [2.24, 2.45) is 11.8 Å². The molecule has 1 aromatic carbocycles. The van der Waals surface area contributed by atoms with E-state index in [4.69, 9.17) is 4.74 Å². The normalized spacial score (nSPS) is 23.3. The molecule has 33 heavy (non-hydrogen) atoms. The number of halogens is 2. The molecule has 3 aliphatic rings. The first-order valence-corrected chi connectivity index (χ1v) is 11.3. The van der Waals surface area contributed by atoms with Crippen LogP contribution in [0.5, 0.6) is 0 Å². The topological polar surface area (TPSA) is 53.1 Å². The van der Waals surface area contributed by atoms with E-state index in [1.54, 1.807) is 11.1 Å². The van der Waals surface area contributed by atoms with Crippen LogP contribution in [0.4, 0.5) is 0 Å². The minimum Gasteiger partial charge on any atom is -0.466 e. The number of methoxy groups -OCH3 is 1. The van der Waals surface area contributed by atoms with Crippen molar-refractivity contribution in [3.63, 3.8) is 0 Å². The van der Waals surface area contributed by atoms with Gasteiger partial charge in [0.1, 0.15) is 0 Å². The molecule has 0 N–H and O–H groups in total. The minimum absolute atomic E-state index is 0. The van der Waals surface area contributed by atoms with Gasteiger partial charge in [-0.3, -0.25) is 14.6 Å². The van der Waals surface area contributed by atoms with Crippen LogP contribution in [-0.2, 0) is 20.9 Å². The number of nitrogens with zero attached hydrogens (tertiary/aromatic N) is 3. The third-order valence-electron chi connectivity index (χ3n) is 6.73. The fraction of sp³-hybridized carbons (Fsp3) is 0.520. The quantitative estimate of drug-likeness (QED) is 0.446. The number of piperazine rings is 1. The molecule has 1 fully saturated rings. The van der Waals surface area contributed by atoms with E-state index >= 15 is 0 Å². The molecule has 2 heterocycles. The van der Waals surface area contributed by atoms with Gasteiger partial charge in [-0.05, 0) is 31.4 Å². The predicted molar refractivity (Wildman–Crippen MR) is 134 cm³/mol. The number of amides is 1. The maximum atomic E-state index is 13.3. The van der Waals surface area contributed by atoms with Gasteiger partial charge in [-0.1, -0.05) is 36.4 Å². The van der Waals surface area contributed by atoms with Crippen molar-refractivity contribution in [2.75, 3.05) is 39.8 Å². The largest absolute Gasteiger partial charge is 0.466 e. The molecule has 0 unspecified atom stereocenters. The molecule has 1 aromatic rings. The van der Waals surface area contributed by atoms with E-state index in [0.29, 0.717) is 5.57 Å². The van der Waals surface area contributed by atoms with Gasteiger partial charge in [-0.15, -0.1) is 24.8 Å². The van der Waals surface area contributed by atoms with Crippen LogP contribution < -0.4 is 0 Å². The molecule has 0 bridgehead atoms. The lowest BCUT2D eigenvalue weighted by molar-refractivity contribution is -0.139. The monoisotopic (exact) mass is 495 g/mol. The Morgan fingerprint density at radius 2 is 1.64 bits per heavy atom. The fourth-order valence-corrected chi connectivity index (χ4v) is 5.00. The molecule has 1 aliphatic carbocycles. The van der Waals surface area contributed by atoms with Gasteiger partial charge in [0.25, 0.3) is 0 Å². The summed E-state index contributed by atoms with van der Waals surface area (Å²) in [7, 11) is 1.41. The van der Waals surface area contributed by atoms with Crippen LogP contribution in [0.2, 0.25) is 0 Å². The summed E-state index contributed by atoms with van der Waals surface area (Å²) in [6.07, 6.45) is 4.63. The van der Waals surface area contributed by atoms with Gasteiger partial charge >= 0.3 is 5.97 Å². The van der Waals surface area contributed by atoms with Crippen molar-refractivity contribution >= 4 is 36.7 Å². The maximum Gasteiger partial charge on any atom is 0.335 e. The third-order valence-corrected chi connectivity index (χ3v) is 6.73. The van der Waals surface area contributed by atoms with Crippen molar-refractivity contribution in [1.29, 1.82) is 0 Å².